The third-order valence-corrected chi connectivity index (χ3v) is 5.08. The van der Waals surface area contributed by atoms with Crippen molar-refractivity contribution in [2.24, 2.45) is 5.41 Å². The molecular formula is C21H29N3O3S. The van der Waals surface area contributed by atoms with Gasteiger partial charge in [0.05, 0.1) is 18.0 Å². The van der Waals surface area contributed by atoms with Gasteiger partial charge in [0.25, 0.3) is 0 Å². The van der Waals surface area contributed by atoms with Crippen LogP contribution in [0.1, 0.15) is 56.1 Å². The van der Waals surface area contributed by atoms with Crippen LogP contribution in [-0.4, -0.2) is 22.6 Å². The highest BCUT2D eigenvalue weighted by atomic mass is 32.1. The number of alkyl carbamates (subject to hydrolysis) is 1. The lowest BCUT2D eigenvalue weighted by molar-refractivity contribution is -0.131. The van der Waals surface area contributed by atoms with Crippen LogP contribution in [-0.2, 0) is 16.1 Å². The van der Waals surface area contributed by atoms with E-state index in [1.807, 2.05) is 51.1 Å². The zero-order chi connectivity index (χ0) is 20.9. The number of rotatable bonds is 6. The number of aryl methyl sites for hydroxylation is 1. The third-order valence-electron chi connectivity index (χ3n) is 4.17. The fourth-order valence-corrected chi connectivity index (χ4v) is 3.48. The van der Waals surface area contributed by atoms with E-state index in [-0.39, 0.29) is 5.91 Å². The molecule has 0 aliphatic heterocycles. The van der Waals surface area contributed by atoms with Gasteiger partial charge in [-0.15, -0.1) is 11.3 Å². The lowest BCUT2D eigenvalue weighted by Gasteiger charge is -2.34. The van der Waals surface area contributed by atoms with Gasteiger partial charge in [-0.3, -0.25) is 4.79 Å². The SMILES string of the molecule is Cc1cnc(CNC(=O)C(C)(C)C(NC(=O)OC(C)(C)C)c2ccccc2)s1. The smallest absolute Gasteiger partial charge is 0.408 e. The first-order valence-electron chi connectivity index (χ1n) is 9.23. The number of benzene rings is 1. The molecule has 0 aliphatic rings. The van der Waals surface area contributed by atoms with Crippen molar-refractivity contribution in [3.05, 3.63) is 52.0 Å². The summed E-state index contributed by atoms with van der Waals surface area (Å²) in [6, 6.07) is 8.88. The molecule has 0 saturated carbocycles. The fraction of sp³-hybridized carbons (Fsp3) is 0.476. The summed E-state index contributed by atoms with van der Waals surface area (Å²) in [6.45, 7) is 11.4. The van der Waals surface area contributed by atoms with Gasteiger partial charge in [-0.1, -0.05) is 30.3 Å². The molecule has 2 aromatic rings. The molecule has 0 aliphatic carbocycles. The normalized spacial score (nSPS) is 12.9. The molecule has 0 bridgehead atoms. The zero-order valence-electron chi connectivity index (χ0n) is 17.3. The van der Waals surface area contributed by atoms with Crippen LogP contribution in [0.15, 0.2) is 36.5 Å². The van der Waals surface area contributed by atoms with Gasteiger partial charge in [0, 0.05) is 11.1 Å². The predicted molar refractivity (Wildman–Crippen MR) is 111 cm³/mol. The van der Waals surface area contributed by atoms with Crippen LogP contribution in [0.2, 0.25) is 0 Å². The highest BCUT2D eigenvalue weighted by molar-refractivity contribution is 7.11. The number of carbonyl (C=O) groups excluding carboxylic acids is 2. The average molecular weight is 404 g/mol. The molecule has 0 fully saturated rings. The van der Waals surface area contributed by atoms with Crippen molar-refractivity contribution < 1.29 is 14.3 Å². The number of nitrogens with zero attached hydrogens (tertiary/aromatic N) is 1. The molecule has 2 rings (SSSR count). The molecule has 0 saturated heterocycles. The maximum atomic E-state index is 13.0. The van der Waals surface area contributed by atoms with Gasteiger partial charge >= 0.3 is 6.09 Å². The lowest BCUT2D eigenvalue weighted by atomic mass is 9.79. The monoisotopic (exact) mass is 403 g/mol. The van der Waals surface area contributed by atoms with Crippen molar-refractivity contribution in [1.29, 1.82) is 0 Å². The van der Waals surface area contributed by atoms with Gasteiger partial charge in [0.2, 0.25) is 5.91 Å². The van der Waals surface area contributed by atoms with E-state index in [9.17, 15) is 9.59 Å². The fourth-order valence-electron chi connectivity index (χ4n) is 2.75. The number of aromatic nitrogens is 1. The Hall–Kier alpha value is -2.41. The second-order valence-electron chi connectivity index (χ2n) is 8.26. The number of thiazole rings is 1. The Morgan fingerprint density at radius 2 is 1.79 bits per heavy atom. The summed E-state index contributed by atoms with van der Waals surface area (Å²) in [5.74, 6) is -0.176. The molecule has 7 heteroatoms. The Bertz CT molecular complexity index is 810. The Labute approximate surface area is 170 Å². The Balaban J connectivity index is 2.19. The number of hydrogen-bond acceptors (Lipinski definition) is 5. The number of amides is 2. The van der Waals surface area contributed by atoms with Crippen LogP contribution >= 0.6 is 11.3 Å². The molecule has 1 atom stereocenters. The zero-order valence-corrected chi connectivity index (χ0v) is 18.1. The third kappa shape index (κ3) is 6.05. The second-order valence-corrected chi connectivity index (χ2v) is 9.58. The Morgan fingerprint density at radius 1 is 1.14 bits per heavy atom. The van der Waals surface area contributed by atoms with Gasteiger partial charge in [0.1, 0.15) is 10.6 Å². The molecular weight excluding hydrogens is 374 g/mol. The quantitative estimate of drug-likeness (QED) is 0.751. The van der Waals surface area contributed by atoms with Crippen molar-refractivity contribution in [1.82, 2.24) is 15.6 Å². The van der Waals surface area contributed by atoms with E-state index in [1.54, 1.807) is 38.3 Å². The van der Waals surface area contributed by atoms with E-state index in [1.165, 1.54) is 0 Å². The van der Waals surface area contributed by atoms with Gasteiger partial charge in [-0.2, -0.15) is 0 Å². The summed E-state index contributed by atoms with van der Waals surface area (Å²) >= 11 is 1.55. The maximum Gasteiger partial charge on any atom is 0.408 e. The van der Waals surface area contributed by atoms with Gasteiger partial charge in [-0.25, -0.2) is 9.78 Å². The van der Waals surface area contributed by atoms with Crippen molar-refractivity contribution in [3.63, 3.8) is 0 Å². The van der Waals surface area contributed by atoms with E-state index >= 15 is 0 Å². The minimum Gasteiger partial charge on any atom is -0.444 e. The van der Waals surface area contributed by atoms with E-state index in [2.05, 4.69) is 15.6 Å². The number of nitrogens with one attached hydrogen (secondary N) is 2. The summed E-state index contributed by atoms with van der Waals surface area (Å²) in [7, 11) is 0. The summed E-state index contributed by atoms with van der Waals surface area (Å²) < 4.78 is 5.41. The van der Waals surface area contributed by atoms with Crippen LogP contribution in [0.5, 0.6) is 0 Å². The van der Waals surface area contributed by atoms with E-state index in [0.29, 0.717) is 6.54 Å². The molecule has 0 radical (unpaired) electrons. The average Bonchev–Trinajstić information content (AvgIpc) is 3.02. The maximum absolute atomic E-state index is 13.0. The molecule has 2 amide bonds. The van der Waals surface area contributed by atoms with Gasteiger partial charge in [0.15, 0.2) is 0 Å². The molecule has 1 aromatic carbocycles. The molecule has 1 aromatic heterocycles. The Morgan fingerprint density at radius 3 is 2.32 bits per heavy atom. The first-order valence-corrected chi connectivity index (χ1v) is 10.0. The minimum absolute atomic E-state index is 0.176. The van der Waals surface area contributed by atoms with Crippen molar-refractivity contribution in [2.75, 3.05) is 0 Å². The highest BCUT2D eigenvalue weighted by Crippen LogP contribution is 2.34. The summed E-state index contributed by atoms with van der Waals surface area (Å²) in [4.78, 5) is 30.8. The van der Waals surface area contributed by atoms with Crippen LogP contribution in [0.3, 0.4) is 0 Å². The second kappa shape index (κ2) is 8.73. The molecule has 28 heavy (non-hydrogen) atoms. The van der Waals surface area contributed by atoms with Crippen LogP contribution in [0, 0.1) is 12.3 Å². The van der Waals surface area contributed by atoms with Crippen LogP contribution in [0.4, 0.5) is 4.79 Å². The number of carbonyl (C=O) groups is 2. The number of hydrogen-bond donors (Lipinski definition) is 2. The molecule has 1 heterocycles. The molecule has 0 spiro atoms. The van der Waals surface area contributed by atoms with E-state index in [4.69, 9.17) is 4.74 Å². The van der Waals surface area contributed by atoms with Crippen molar-refractivity contribution in [2.45, 2.75) is 59.7 Å². The summed E-state index contributed by atoms with van der Waals surface area (Å²) in [6.07, 6.45) is 1.23. The first-order chi connectivity index (χ1) is 13.0. The molecule has 2 N–H and O–H groups in total. The highest BCUT2D eigenvalue weighted by Gasteiger charge is 2.39. The number of ether oxygens (including phenoxy) is 1. The van der Waals surface area contributed by atoms with E-state index < -0.39 is 23.2 Å². The summed E-state index contributed by atoms with van der Waals surface area (Å²) in [5, 5.41) is 6.66. The topological polar surface area (TPSA) is 80.3 Å². The van der Waals surface area contributed by atoms with Gasteiger partial charge < -0.3 is 15.4 Å². The van der Waals surface area contributed by atoms with Crippen molar-refractivity contribution in [3.8, 4) is 0 Å². The first kappa shape index (κ1) is 21.9. The standard InChI is InChI=1S/C21H29N3O3S/c1-14-12-22-16(28-14)13-23-18(25)21(5,6)17(15-10-8-7-9-11-15)24-19(26)27-20(2,3)4/h7-12,17H,13H2,1-6H3,(H,23,25)(H,24,26). The molecule has 1 unspecified atom stereocenters. The largest absolute Gasteiger partial charge is 0.444 e. The minimum atomic E-state index is -0.912. The molecule has 6 nitrogen and oxygen atoms in total. The van der Waals surface area contributed by atoms with Crippen molar-refractivity contribution >= 4 is 23.3 Å². The van der Waals surface area contributed by atoms with E-state index in [0.717, 1.165) is 15.4 Å². The van der Waals surface area contributed by atoms with Gasteiger partial charge in [-0.05, 0) is 47.1 Å². The lowest BCUT2D eigenvalue weighted by Crippen LogP contribution is -2.48. The molecule has 152 valence electrons. The van der Waals surface area contributed by atoms with Crippen LogP contribution in [0.25, 0.3) is 0 Å². The predicted octanol–water partition coefficient (Wildman–Crippen LogP) is 4.36. The summed E-state index contributed by atoms with van der Waals surface area (Å²) in [5.41, 5.74) is -0.705. The Kier molecular flexibility index (Phi) is 6.82. The van der Waals surface area contributed by atoms with Crippen LogP contribution < -0.4 is 10.6 Å².